The summed E-state index contributed by atoms with van der Waals surface area (Å²) < 4.78 is 0. The molecule has 3 N–H and O–H groups in total. The minimum Gasteiger partial charge on any atom is -0.493 e. The highest BCUT2D eigenvalue weighted by atomic mass is 16.3. The Morgan fingerprint density at radius 3 is 2.79 bits per heavy atom. The lowest BCUT2D eigenvalue weighted by molar-refractivity contribution is 0.454. The third-order valence-electron chi connectivity index (χ3n) is 1.84. The Morgan fingerprint density at radius 1 is 1.50 bits per heavy atom. The molecule has 0 fully saturated rings. The summed E-state index contributed by atoms with van der Waals surface area (Å²) in [7, 11) is 0. The zero-order chi connectivity index (χ0) is 10.1. The number of hydrogen-bond donors (Lipinski definition) is 3. The number of nitrogens with zero attached hydrogens (tertiary/aromatic N) is 2. The lowest BCUT2D eigenvalue weighted by Crippen LogP contribution is -2.00. The van der Waals surface area contributed by atoms with Crippen LogP contribution in [0.2, 0.25) is 0 Å². The predicted octanol–water partition coefficient (Wildman–Crippen LogP) is 0.252. The first-order valence-electron chi connectivity index (χ1n) is 3.97. The van der Waals surface area contributed by atoms with Gasteiger partial charge in [0.05, 0.1) is 11.4 Å². The van der Waals surface area contributed by atoms with Gasteiger partial charge in [0.25, 0.3) is 0 Å². The van der Waals surface area contributed by atoms with Gasteiger partial charge in [-0.1, -0.05) is 0 Å². The van der Waals surface area contributed by atoms with E-state index in [2.05, 4.69) is 20.0 Å². The summed E-state index contributed by atoms with van der Waals surface area (Å²) in [5.41, 5.74) is 1.21. The number of aromatic amines is 2. The van der Waals surface area contributed by atoms with E-state index >= 15 is 0 Å². The van der Waals surface area contributed by atoms with Gasteiger partial charge in [-0.05, 0) is 13.0 Å². The standard InChI is InChI=1S/C8H8N4O2/c1-4-5(10-3-9-4)2-6-7(13)12-8(14)11-6/h2-3,13H,1H3,(H2,11,12,14)/b5-2-. The van der Waals surface area contributed by atoms with Crippen LogP contribution in [0.25, 0.3) is 6.08 Å². The number of allylic oxidation sites excluding steroid dienone is 1. The summed E-state index contributed by atoms with van der Waals surface area (Å²) in [4.78, 5) is 23.3. The Balaban J connectivity index is 2.43. The Labute approximate surface area is 78.7 Å². The molecule has 1 aliphatic heterocycles. The number of nitrogens with one attached hydrogen (secondary N) is 2. The van der Waals surface area contributed by atoms with Gasteiger partial charge in [0.2, 0.25) is 5.88 Å². The van der Waals surface area contributed by atoms with Gasteiger partial charge in [-0.25, -0.2) is 14.8 Å². The van der Waals surface area contributed by atoms with Crippen LogP contribution in [0.3, 0.4) is 0 Å². The maximum atomic E-state index is 10.8. The van der Waals surface area contributed by atoms with Crippen LogP contribution in [0, 0.1) is 0 Å². The molecule has 6 heteroatoms. The summed E-state index contributed by atoms with van der Waals surface area (Å²) in [5, 5.41) is 9.25. The van der Waals surface area contributed by atoms with E-state index in [4.69, 9.17) is 0 Å². The van der Waals surface area contributed by atoms with Gasteiger partial charge in [0, 0.05) is 0 Å². The van der Waals surface area contributed by atoms with Crippen molar-refractivity contribution < 1.29 is 5.11 Å². The molecule has 0 radical (unpaired) electrons. The molecule has 1 aromatic heterocycles. The van der Waals surface area contributed by atoms with E-state index in [9.17, 15) is 9.90 Å². The molecule has 14 heavy (non-hydrogen) atoms. The van der Waals surface area contributed by atoms with Gasteiger partial charge >= 0.3 is 5.69 Å². The van der Waals surface area contributed by atoms with E-state index < -0.39 is 5.69 Å². The lowest BCUT2D eigenvalue weighted by atomic mass is 10.2. The third kappa shape index (κ3) is 1.37. The van der Waals surface area contributed by atoms with E-state index in [1.54, 1.807) is 13.0 Å². The normalized spacial score (nSPS) is 17.8. The molecule has 0 spiro atoms. The van der Waals surface area contributed by atoms with Crippen LogP contribution in [-0.2, 0) is 0 Å². The summed E-state index contributed by atoms with van der Waals surface area (Å²) >= 11 is 0. The van der Waals surface area contributed by atoms with Crippen LogP contribution in [0.1, 0.15) is 12.6 Å². The van der Waals surface area contributed by atoms with Crippen LogP contribution in [0.5, 0.6) is 5.88 Å². The zero-order valence-electron chi connectivity index (χ0n) is 7.40. The molecule has 0 unspecified atom stereocenters. The summed E-state index contributed by atoms with van der Waals surface area (Å²) in [6.45, 7) is 1.79. The molecule has 2 rings (SSSR count). The van der Waals surface area contributed by atoms with Gasteiger partial charge < -0.3 is 10.1 Å². The quantitative estimate of drug-likeness (QED) is 0.595. The van der Waals surface area contributed by atoms with Crippen LogP contribution in [-0.4, -0.2) is 27.1 Å². The highest BCUT2D eigenvalue weighted by Gasteiger charge is 2.08. The first-order valence-corrected chi connectivity index (χ1v) is 3.97. The molecule has 0 saturated heterocycles. The fraction of sp³-hybridized carbons (Fsp3) is 0.125. The van der Waals surface area contributed by atoms with Crippen LogP contribution < -0.4 is 5.69 Å². The van der Waals surface area contributed by atoms with Crippen molar-refractivity contribution in [1.29, 1.82) is 0 Å². The van der Waals surface area contributed by atoms with Gasteiger partial charge in [0.15, 0.2) is 0 Å². The van der Waals surface area contributed by atoms with Crippen molar-refractivity contribution in [2.45, 2.75) is 6.92 Å². The number of aliphatic imine (C=N–C) groups is 2. The molecule has 0 aromatic carbocycles. The fourth-order valence-electron chi connectivity index (χ4n) is 1.11. The van der Waals surface area contributed by atoms with Gasteiger partial charge in [-0.3, -0.25) is 4.98 Å². The average molecular weight is 192 g/mol. The number of aromatic hydroxyl groups is 1. The molecule has 0 atom stereocenters. The number of rotatable bonds is 1. The number of aromatic nitrogens is 2. The van der Waals surface area contributed by atoms with Crippen LogP contribution >= 0.6 is 0 Å². The van der Waals surface area contributed by atoms with Crippen molar-refractivity contribution in [3.05, 3.63) is 21.9 Å². The number of H-pyrrole nitrogens is 2. The molecule has 1 aliphatic rings. The second kappa shape index (κ2) is 2.99. The fourth-order valence-corrected chi connectivity index (χ4v) is 1.11. The molecular weight excluding hydrogens is 184 g/mol. The van der Waals surface area contributed by atoms with Crippen LogP contribution in [0.15, 0.2) is 20.5 Å². The van der Waals surface area contributed by atoms with E-state index in [0.717, 1.165) is 5.71 Å². The second-order valence-corrected chi connectivity index (χ2v) is 2.83. The third-order valence-corrected chi connectivity index (χ3v) is 1.84. The number of imidazole rings is 1. The summed E-state index contributed by atoms with van der Waals surface area (Å²) in [5.74, 6) is -0.197. The smallest absolute Gasteiger partial charge is 0.326 e. The SMILES string of the molecule is CC1=NC=N/C1=C\c1[nH]c(=O)[nH]c1O. The highest BCUT2D eigenvalue weighted by Crippen LogP contribution is 2.15. The molecule has 2 heterocycles. The highest BCUT2D eigenvalue weighted by molar-refractivity contribution is 6.09. The van der Waals surface area contributed by atoms with Crippen molar-refractivity contribution in [2.75, 3.05) is 0 Å². The van der Waals surface area contributed by atoms with Crippen molar-refractivity contribution in [2.24, 2.45) is 9.98 Å². The molecule has 0 aliphatic carbocycles. The van der Waals surface area contributed by atoms with E-state index in [-0.39, 0.29) is 5.88 Å². The number of hydrogen-bond acceptors (Lipinski definition) is 4. The zero-order valence-corrected chi connectivity index (χ0v) is 7.40. The minimum atomic E-state index is -0.453. The molecule has 6 nitrogen and oxygen atoms in total. The molecule has 1 aromatic rings. The molecule has 0 saturated carbocycles. The topological polar surface area (TPSA) is 93.6 Å². The van der Waals surface area contributed by atoms with Crippen LogP contribution in [0.4, 0.5) is 0 Å². The molecular formula is C8H8N4O2. The first-order chi connectivity index (χ1) is 6.66. The minimum absolute atomic E-state index is 0.197. The molecule has 0 bridgehead atoms. The summed E-state index contributed by atoms with van der Waals surface area (Å²) in [6.07, 6.45) is 2.97. The van der Waals surface area contributed by atoms with Crippen molar-refractivity contribution in [3.8, 4) is 5.88 Å². The second-order valence-electron chi connectivity index (χ2n) is 2.83. The summed E-state index contributed by atoms with van der Waals surface area (Å²) in [6, 6.07) is 0. The lowest BCUT2D eigenvalue weighted by Gasteiger charge is -1.92. The van der Waals surface area contributed by atoms with E-state index in [1.165, 1.54) is 6.34 Å². The molecule has 0 amide bonds. The maximum absolute atomic E-state index is 10.8. The monoisotopic (exact) mass is 192 g/mol. The van der Waals surface area contributed by atoms with E-state index in [1.807, 2.05) is 0 Å². The molecule has 72 valence electrons. The van der Waals surface area contributed by atoms with E-state index in [0.29, 0.717) is 11.4 Å². The Kier molecular flexibility index (Phi) is 1.81. The van der Waals surface area contributed by atoms with Gasteiger partial charge in [-0.2, -0.15) is 0 Å². The largest absolute Gasteiger partial charge is 0.493 e. The average Bonchev–Trinajstić information content (AvgIpc) is 2.62. The van der Waals surface area contributed by atoms with Crippen molar-refractivity contribution in [3.63, 3.8) is 0 Å². The van der Waals surface area contributed by atoms with Crippen molar-refractivity contribution in [1.82, 2.24) is 9.97 Å². The Morgan fingerprint density at radius 2 is 2.29 bits per heavy atom. The maximum Gasteiger partial charge on any atom is 0.326 e. The van der Waals surface area contributed by atoms with Gasteiger partial charge in [0.1, 0.15) is 12.0 Å². The Bertz CT molecular complexity index is 504. The predicted molar refractivity (Wildman–Crippen MR) is 52.7 cm³/mol. The Hall–Kier alpha value is -2.11. The van der Waals surface area contributed by atoms with Gasteiger partial charge in [-0.15, -0.1) is 0 Å². The first kappa shape index (κ1) is 8.49. The van der Waals surface area contributed by atoms with Crippen molar-refractivity contribution >= 4 is 18.1 Å².